The first-order chi connectivity index (χ1) is 12.1. The lowest BCUT2D eigenvalue weighted by atomic mass is 10.2. The number of hydrogen-bond acceptors (Lipinski definition) is 5. The van der Waals surface area contributed by atoms with Gasteiger partial charge in [-0.15, -0.1) is 11.3 Å². The highest BCUT2D eigenvalue weighted by atomic mass is 35.5. The lowest BCUT2D eigenvalue weighted by molar-refractivity contribution is 0.0959. The van der Waals surface area contributed by atoms with Crippen LogP contribution in [-0.2, 0) is 0 Å². The van der Waals surface area contributed by atoms with Crippen molar-refractivity contribution in [1.29, 1.82) is 0 Å². The summed E-state index contributed by atoms with van der Waals surface area (Å²) in [6, 6.07) is 11.3. The summed E-state index contributed by atoms with van der Waals surface area (Å²) in [5, 5.41) is 5.33. The number of thiophene rings is 1. The number of halogens is 1. The van der Waals surface area contributed by atoms with Crippen molar-refractivity contribution in [2.24, 2.45) is 5.10 Å². The molecule has 1 aromatic heterocycles. The zero-order chi connectivity index (χ0) is 17.4. The van der Waals surface area contributed by atoms with Gasteiger partial charge in [0.1, 0.15) is 4.88 Å². The third-order valence-electron chi connectivity index (χ3n) is 3.77. The quantitative estimate of drug-likeness (QED) is 0.549. The second kappa shape index (κ2) is 6.38. The Labute approximate surface area is 152 Å². The van der Waals surface area contributed by atoms with E-state index in [1.165, 1.54) is 11.3 Å². The fourth-order valence-corrected chi connectivity index (χ4v) is 4.03. The Balaban J connectivity index is 1.51. The van der Waals surface area contributed by atoms with E-state index < -0.39 is 0 Å². The smallest absolute Gasteiger partial charge is 0.283 e. The number of ether oxygens (including phenoxy) is 2. The first-order valence-corrected chi connectivity index (χ1v) is 8.73. The molecule has 1 amide bonds. The SMILES string of the molecule is Cc1ccc2c(Cl)c(C(=O)N/N=C/c3ccc4c(c3)OCO4)sc2c1. The molecular formula is C18H13ClN2O3S. The van der Waals surface area contributed by atoms with E-state index in [0.717, 1.165) is 21.2 Å². The monoisotopic (exact) mass is 372 g/mol. The number of carbonyl (C=O) groups is 1. The fourth-order valence-electron chi connectivity index (χ4n) is 2.53. The number of benzene rings is 2. The summed E-state index contributed by atoms with van der Waals surface area (Å²) in [6.45, 7) is 2.22. The molecule has 1 aliphatic rings. The molecule has 0 aliphatic carbocycles. The van der Waals surface area contributed by atoms with Gasteiger partial charge in [0.05, 0.1) is 11.2 Å². The van der Waals surface area contributed by atoms with E-state index >= 15 is 0 Å². The van der Waals surface area contributed by atoms with Crippen molar-refractivity contribution >= 4 is 45.1 Å². The average molecular weight is 373 g/mol. The first-order valence-electron chi connectivity index (χ1n) is 7.53. The molecule has 0 saturated heterocycles. The minimum Gasteiger partial charge on any atom is -0.454 e. The Morgan fingerprint density at radius 1 is 1.24 bits per heavy atom. The van der Waals surface area contributed by atoms with Crippen LogP contribution in [0, 0.1) is 6.92 Å². The molecule has 126 valence electrons. The molecule has 25 heavy (non-hydrogen) atoms. The molecule has 3 aromatic rings. The van der Waals surface area contributed by atoms with Crippen molar-refractivity contribution in [2.75, 3.05) is 6.79 Å². The largest absolute Gasteiger partial charge is 0.454 e. The number of nitrogens with zero attached hydrogens (tertiary/aromatic N) is 1. The second-order valence-electron chi connectivity index (χ2n) is 5.56. The van der Waals surface area contributed by atoms with Crippen LogP contribution in [0.25, 0.3) is 10.1 Å². The lowest BCUT2D eigenvalue weighted by Gasteiger charge is -1.99. The van der Waals surface area contributed by atoms with Gasteiger partial charge in [0.15, 0.2) is 11.5 Å². The number of hydrazone groups is 1. The molecule has 4 rings (SSSR count). The molecule has 2 heterocycles. The van der Waals surface area contributed by atoms with Gasteiger partial charge in [0, 0.05) is 10.1 Å². The van der Waals surface area contributed by atoms with Crippen LogP contribution in [-0.4, -0.2) is 18.9 Å². The summed E-state index contributed by atoms with van der Waals surface area (Å²) in [5.74, 6) is 1.03. The molecule has 1 aliphatic heterocycles. The number of nitrogens with one attached hydrogen (secondary N) is 1. The summed E-state index contributed by atoms with van der Waals surface area (Å²) < 4.78 is 11.5. The summed E-state index contributed by atoms with van der Waals surface area (Å²) in [5.41, 5.74) is 4.43. The molecule has 0 saturated carbocycles. The maximum atomic E-state index is 12.4. The van der Waals surface area contributed by atoms with Crippen molar-refractivity contribution < 1.29 is 14.3 Å². The van der Waals surface area contributed by atoms with Crippen LogP contribution in [0.15, 0.2) is 41.5 Å². The van der Waals surface area contributed by atoms with Crippen LogP contribution in [0.1, 0.15) is 20.8 Å². The summed E-state index contributed by atoms with van der Waals surface area (Å²) in [6.07, 6.45) is 1.55. The zero-order valence-corrected chi connectivity index (χ0v) is 14.8. The van der Waals surface area contributed by atoms with E-state index in [4.69, 9.17) is 21.1 Å². The number of aryl methyl sites for hydroxylation is 1. The average Bonchev–Trinajstić information content (AvgIpc) is 3.18. The number of rotatable bonds is 3. The fraction of sp³-hybridized carbons (Fsp3) is 0.111. The van der Waals surface area contributed by atoms with Crippen LogP contribution in [0.5, 0.6) is 11.5 Å². The molecule has 0 atom stereocenters. The molecule has 7 heteroatoms. The van der Waals surface area contributed by atoms with Crippen LogP contribution in [0.2, 0.25) is 5.02 Å². The van der Waals surface area contributed by atoms with Gasteiger partial charge in [-0.05, 0) is 42.3 Å². The second-order valence-corrected chi connectivity index (χ2v) is 6.99. The maximum Gasteiger partial charge on any atom is 0.283 e. The van der Waals surface area contributed by atoms with Crippen LogP contribution in [0.4, 0.5) is 0 Å². The number of carbonyl (C=O) groups excluding carboxylic acids is 1. The maximum absolute atomic E-state index is 12.4. The highest BCUT2D eigenvalue weighted by Gasteiger charge is 2.17. The highest BCUT2D eigenvalue weighted by Crippen LogP contribution is 2.35. The molecule has 0 spiro atoms. The number of hydrogen-bond donors (Lipinski definition) is 1. The van der Waals surface area contributed by atoms with Crippen molar-refractivity contribution in [1.82, 2.24) is 5.43 Å². The van der Waals surface area contributed by atoms with E-state index in [2.05, 4.69) is 10.5 Å². The highest BCUT2D eigenvalue weighted by molar-refractivity contribution is 7.21. The van der Waals surface area contributed by atoms with E-state index in [9.17, 15) is 4.79 Å². The molecule has 0 unspecified atom stereocenters. The number of fused-ring (bicyclic) bond motifs is 2. The van der Waals surface area contributed by atoms with Crippen molar-refractivity contribution in [3.63, 3.8) is 0 Å². The Morgan fingerprint density at radius 3 is 2.96 bits per heavy atom. The first kappa shape index (κ1) is 15.9. The third kappa shape index (κ3) is 3.06. The van der Waals surface area contributed by atoms with Gasteiger partial charge >= 0.3 is 0 Å². The van der Waals surface area contributed by atoms with E-state index in [1.54, 1.807) is 18.3 Å². The number of amides is 1. The van der Waals surface area contributed by atoms with Crippen molar-refractivity contribution in [3.8, 4) is 11.5 Å². The van der Waals surface area contributed by atoms with Crippen LogP contribution >= 0.6 is 22.9 Å². The predicted molar refractivity (Wildman–Crippen MR) is 99.2 cm³/mol. The standard InChI is InChI=1S/C18H13ClN2O3S/c1-10-2-4-12-15(6-10)25-17(16(12)19)18(22)21-20-8-11-3-5-13-14(7-11)24-9-23-13/h2-8H,9H2,1H3,(H,21,22)/b20-8+. The van der Waals surface area contributed by atoms with E-state index in [-0.39, 0.29) is 12.7 Å². The van der Waals surface area contributed by atoms with Crippen LogP contribution < -0.4 is 14.9 Å². The topological polar surface area (TPSA) is 59.9 Å². The van der Waals surface area contributed by atoms with Crippen LogP contribution in [0.3, 0.4) is 0 Å². The van der Waals surface area contributed by atoms with Crippen molar-refractivity contribution in [2.45, 2.75) is 6.92 Å². The minimum atomic E-state index is -0.333. The van der Waals surface area contributed by atoms with Gasteiger partial charge in [0.2, 0.25) is 6.79 Å². The summed E-state index contributed by atoms with van der Waals surface area (Å²) >= 11 is 7.69. The van der Waals surface area contributed by atoms with Gasteiger partial charge in [-0.1, -0.05) is 23.7 Å². The third-order valence-corrected chi connectivity index (χ3v) is 5.42. The summed E-state index contributed by atoms with van der Waals surface area (Å²) in [4.78, 5) is 12.8. The molecule has 0 fully saturated rings. The lowest BCUT2D eigenvalue weighted by Crippen LogP contribution is -2.16. The van der Waals surface area contributed by atoms with Gasteiger partial charge in [-0.3, -0.25) is 4.79 Å². The normalized spacial score (nSPS) is 12.9. The Bertz CT molecular complexity index is 1010. The minimum absolute atomic E-state index is 0.219. The summed E-state index contributed by atoms with van der Waals surface area (Å²) in [7, 11) is 0. The predicted octanol–water partition coefficient (Wildman–Crippen LogP) is 4.36. The molecular weight excluding hydrogens is 360 g/mol. The zero-order valence-electron chi connectivity index (χ0n) is 13.2. The molecule has 0 bridgehead atoms. The van der Waals surface area contributed by atoms with Gasteiger partial charge in [-0.2, -0.15) is 5.10 Å². The Hall–Kier alpha value is -2.57. The van der Waals surface area contributed by atoms with Gasteiger partial charge in [0.25, 0.3) is 5.91 Å². The van der Waals surface area contributed by atoms with E-state index in [1.807, 2.05) is 31.2 Å². The van der Waals surface area contributed by atoms with E-state index in [0.29, 0.717) is 21.4 Å². The van der Waals surface area contributed by atoms with Gasteiger partial charge < -0.3 is 9.47 Å². The molecule has 5 nitrogen and oxygen atoms in total. The Morgan fingerprint density at radius 2 is 2.08 bits per heavy atom. The molecule has 0 radical (unpaired) electrons. The van der Waals surface area contributed by atoms with Crippen molar-refractivity contribution in [3.05, 3.63) is 57.4 Å². The van der Waals surface area contributed by atoms with Gasteiger partial charge in [-0.25, -0.2) is 5.43 Å². The Kier molecular flexibility index (Phi) is 4.07. The molecule has 2 aromatic carbocycles. The molecule has 1 N–H and O–H groups in total.